The Morgan fingerprint density at radius 2 is 1.93 bits per heavy atom. The Morgan fingerprint density at radius 3 is 2.70 bits per heavy atom. The molecule has 0 amide bonds. The Labute approximate surface area is 156 Å². The molecule has 0 spiro atoms. The van der Waals surface area contributed by atoms with Gasteiger partial charge in [-0.1, -0.05) is 12.1 Å². The van der Waals surface area contributed by atoms with E-state index in [4.69, 9.17) is 18.6 Å². The van der Waals surface area contributed by atoms with Crippen molar-refractivity contribution >= 4 is 11.0 Å². The summed E-state index contributed by atoms with van der Waals surface area (Å²) in [5.74, 6) is 2.43. The first-order valence-electron chi connectivity index (χ1n) is 9.17. The Bertz CT molecular complexity index is 1080. The Balaban J connectivity index is 1.68. The van der Waals surface area contributed by atoms with Crippen LogP contribution in [0.5, 0.6) is 11.5 Å². The van der Waals surface area contributed by atoms with Gasteiger partial charge in [0.25, 0.3) is 0 Å². The van der Waals surface area contributed by atoms with Crippen molar-refractivity contribution in [2.75, 3.05) is 13.7 Å². The van der Waals surface area contributed by atoms with Crippen molar-refractivity contribution in [1.29, 1.82) is 0 Å². The van der Waals surface area contributed by atoms with Crippen molar-refractivity contribution in [2.45, 2.75) is 26.1 Å². The van der Waals surface area contributed by atoms with Crippen LogP contribution in [0.4, 0.5) is 0 Å². The normalized spacial score (nSPS) is 20.8. The summed E-state index contributed by atoms with van der Waals surface area (Å²) < 4.78 is 23.0. The lowest BCUT2D eigenvalue weighted by Crippen LogP contribution is -2.29. The summed E-state index contributed by atoms with van der Waals surface area (Å²) in [6.45, 7) is 2.55. The molecule has 0 N–H and O–H groups in total. The smallest absolute Gasteiger partial charge is 0.203 e. The molecule has 3 aromatic rings. The Kier molecular flexibility index (Phi) is 3.72. The molecule has 0 radical (unpaired) electrons. The molecule has 0 saturated carbocycles. The quantitative estimate of drug-likeness (QED) is 0.686. The molecule has 27 heavy (non-hydrogen) atoms. The minimum Gasteiger partial charge on any atom is -0.497 e. The van der Waals surface area contributed by atoms with Crippen molar-refractivity contribution in [2.24, 2.45) is 5.92 Å². The van der Waals surface area contributed by atoms with Crippen molar-refractivity contribution in [3.05, 3.63) is 57.9 Å². The largest absolute Gasteiger partial charge is 0.497 e. The van der Waals surface area contributed by atoms with Gasteiger partial charge in [-0.05, 0) is 49.6 Å². The lowest BCUT2D eigenvalue weighted by atomic mass is 9.92. The maximum atomic E-state index is 13.3. The average molecular weight is 364 g/mol. The lowest BCUT2D eigenvalue weighted by Gasteiger charge is -2.27. The molecule has 1 fully saturated rings. The number of rotatable bonds is 2. The molecule has 5 nitrogen and oxygen atoms in total. The summed E-state index contributed by atoms with van der Waals surface area (Å²) in [7, 11) is 1.62. The van der Waals surface area contributed by atoms with Crippen LogP contribution < -0.4 is 14.9 Å². The van der Waals surface area contributed by atoms with Crippen LogP contribution in [-0.2, 0) is 11.2 Å². The van der Waals surface area contributed by atoms with E-state index in [1.807, 2.05) is 37.3 Å². The van der Waals surface area contributed by atoms with E-state index in [0.717, 1.165) is 35.5 Å². The number of methoxy groups -OCH3 is 1. The third kappa shape index (κ3) is 2.53. The van der Waals surface area contributed by atoms with E-state index in [1.165, 1.54) is 0 Å². The van der Waals surface area contributed by atoms with Crippen LogP contribution in [0.15, 0.2) is 45.6 Å². The molecule has 138 valence electrons. The van der Waals surface area contributed by atoms with E-state index in [-0.39, 0.29) is 11.7 Å². The number of ether oxygens (including phenoxy) is 3. The molecule has 2 aromatic carbocycles. The molecule has 3 heterocycles. The summed E-state index contributed by atoms with van der Waals surface area (Å²) in [5.41, 5.74) is 3.00. The van der Waals surface area contributed by atoms with Gasteiger partial charge in [0, 0.05) is 11.5 Å². The number of hydrogen-bond donors (Lipinski definition) is 0. The summed E-state index contributed by atoms with van der Waals surface area (Å²) in [6.07, 6.45) is 1.59. The summed E-state index contributed by atoms with van der Waals surface area (Å²) in [4.78, 5) is 13.3. The Morgan fingerprint density at radius 1 is 1.11 bits per heavy atom. The first kappa shape index (κ1) is 16.4. The molecule has 1 aromatic heterocycles. The fourth-order valence-electron chi connectivity index (χ4n) is 4.12. The molecule has 5 heteroatoms. The van der Waals surface area contributed by atoms with Gasteiger partial charge in [0.15, 0.2) is 0 Å². The van der Waals surface area contributed by atoms with Gasteiger partial charge in [-0.25, -0.2) is 0 Å². The molecular formula is C22H20O5. The zero-order chi connectivity index (χ0) is 18.5. The van der Waals surface area contributed by atoms with Crippen molar-refractivity contribution in [1.82, 2.24) is 0 Å². The number of fused-ring (bicyclic) bond motifs is 4. The van der Waals surface area contributed by atoms with Crippen LogP contribution in [0.2, 0.25) is 0 Å². The molecule has 0 aliphatic carbocycles. The van der Waals surface area contributed by atoms with Gasteiger partial charge in [-0.2, -0.15) is 0 Å². The monoisotopic (exact) mass is 364 g/mol. The highest BCUT2D eigenvalue weighted by Crippen LogP contribution is 2.40. The van der Waals surface area contributed by atoms with Crippen molar-refractivity contribution < 1.29 is 18.6 Å². The highest BCUT2D eigenvalue weighted by Gasteiger charge is 2.36. The van der Waals surface area contributed by atoms with E-state index >= 15 is 0 Å². The van der Waals surface area contributed by atoms with E-state index in [9.17, 15) is 4.79 Å². The first-order valence-corrected chi connectivity index (χ1v) is 9.17. The van der Waals surface area contributed by atoms with E-state index in [1.54, 1.807) is 13.2 Å². The zero-order valence-corrected chi connectivity index (χ0v) is 15.3. The van der Waals surface area contributed by atoms with Crippen LogP contribution in [0.25, 0.3) is 22.1 Å². The lowest BCUT2D eigenvalue weighted by molar-refractivity contribution is -0.0697. The third-order valence-corrected chi connectivity index (χ3v) is 5.54. The third-order valence-electron chi connectivity index (χ3n) is 5.54. The standard InChI is InChI=1S/C22H20O5/c1-12-19(13-3-5-15(24-2)6-4-13)20(23)16-7-8-18-17(21(16)26-12)11-14-9-10-25-22(14)27-18/h3-8,14,22H,9-11H2,1-2H3. The molecule has 1 saturated heterocycles. The molecular weight excluding hydrogens is 344 g/mol. The maximum Gasteiger partial charge on any atom is 0.203 e. The highest BCUT2D eigenvalue weighted by atomic mass is 16.7. The fraction of sp³-hybridized carbons (Fsp3) is 0.318. The first-order chi connectivity index (χ1) is 13.2. The Hall–Kier alpha value is -2.79. The van der Waals surface area contributed by atoms with Gasteiger partial charge >= 0.3 is 0 Å². The SMILES string of the molecule is COc1ccc(-c2c(C)oc3c4c(ccc3c2=O)OC2OCCC2C4)cc1. The van der Waals surface area contributed by atoms with Gasteiger partial charge in [0.1, 0.15) is 22.8 Å². The maximum absolute atomic E-state index is 13.3. The number of hydrogen-bond acceptors (Lipinski definition) is 5. The molecule has 2 unspecified atom stereocenters. The summed E-state index contributed by atoms with van der Waals surface area (Å²) >= 11 is 0. The predicted molar refractivity (Wildman–Crippen MR) is 101 cm³/mol. The van der Waals surface area contributed by atoms with Gasteiger partial charge in [-0.3, -0.25) is 4.79 Å². The molecule has 2 atom stereocenters. The molecule has 5 rings (SSSR count). The van der Waals surface area contributed by atoms with Crippen molar-refractivity contribution in [3.63, 3.8) is 0 Å². The average Bonchev–Trinajstić information content (AvgIpc) is 3.14. The molecule has 2 aliphatic heterocycles. The molecule has 2 aliphatic rings. The van der Waals surface area contributed by atoms with Gasteiger partial charge in [0.2, 0.25) is 11.7 Å². The van der Waals surface area contributed by atoms with Crippen LogP contribution in [0.1, 0.15) is 17.7 Å². The summed E-state index contributed by atoms with van der Waals surface area (Å²) in [5, 5.41) is 0.589. The number of aryl methyl sites for hydroxylation is 1. The van der Waals surface area contributed by atoms with E-state index in [2.05, 4.69) is 0 Å². The second-order valence-corrected chi connectivity index (χ2v) is 7.12. The predicted octanol–water partition coefficient (Wildman–Crippen LogP) is 4.07. The van der Waals surface area contributed by atoms with Gasteiger partial charge < -0.3 is 18.6 Å². The van der Waals surface area contributed by atoms with Crippen LogP contribution >= 0.6 is 0 Å². The zero-order valence-electron chi connectivity index (χ0n) is 15.3. The van der Waals surface area contributed by atoms with Crippen LogP contribution in [-0.4, -0.2) is 20.0 Å². The second kappa shape index (κ2) is 6.13. The summed E-state index contributed by atoms with van der Waals surface area (Å²) in [6, 6.07) is 11.1. The highest BCUT2D eigenvalue weighted by molar-refractivity contribution is 5.87. The van der Waals surface area contributed by atoms with E-state index < -0.39 is 0 Å². The topological polar surface area (TPSA) is 57.9 Å². The van der Waals surface area contributed by atoms with Crippen LogP contribution in [0, 0.1) is 12.8 Å². The minimum atomic E-state index is -0.179. The second-order valence-electron chi connectivity index (χ2n) is 7.12. The van der Waals surface area contributed by atoms with Gasteiger partial charge in [-0.15, -0.1) is 0 Å². The fourth-order valence-corrected chi connectivity index (χ4v) is 4.12. The molecule has 0 bridgehead atoms. The van der Waals surface area contributed by atoms with Crippen LogP contribution in [0.3, 0.4) is 0 Å². The van der Waals surface area contributed by atoms with Crippen molar-refractivity contribution in [3.8, 4) is 22.6 Å². The number of benzene rings is 2. The van der Waals surface area contributed by atoms with Gasteiger partial charge in [0.05, 0.1) is 24.7 Å². The minimum absolute atomic E-state index is 0.0217. The van der Waals surface area contributed by atoms with E-state index in [0.29, 0.717) is 34.8 Å².